The van der Waals surface area contributed by atoms with Gasteiger partial charge in [-0.3, -0.25) is 0 Å². The van der Waals surface area contributed by atoms with E-state index >= 15 is 0 Å². The molecular formula is C33H46NO4+. The minimum Gasteiger partial charge on any atom is -0.493 e. The molecule has 38 heavy (non-hydrogen) atoms. The van der Waals surface area contributed by atoms with Crippen molar-refractivity contribution < 1.29 is 23.5 Å². The maximum absolute atomic E-state index is 6.29. The van der Waals surface area contributed by atoms with Gasteiger partial charge >= 0.3 is 0 Å². The van der Waals surface area contributed by atoms with Crippen LogP contribution in [0.25, 0.3) is 22.0 Å². The number of aryl methyl sites for hydroxylation is 3. The molecule has 0 spiro atoms. The second-order valence-electron chi connectivity index (χ2n) is 10.1. The Morgan fingerprint density at radius 1 is 0.763 bits per heavy atom. The van der Waals surface area contributed by atoms with Crippen LogP contribution >= 0.6 is 0 Å². The van der Waals surface area contributed by atoms with E-state index in [4.69, 9.17) is 18.9 Å². The van der Waals surface area contributed by atoms with Gasteiger partial charge in [0.05, 0.1) is 37.9 Å². The molecule has 1 aromatic heterocycles. The largest absolute Gasteiger partial charge is 0.493 e. The van der Waals surface area contributed by atoms with Crippen LogP contribution in [0.2, 0.25) is 0 Å². The van der Waals surface area contributed by atoms with Gasteiger partial charge in [0.25, 0.3) is 0 Å². The SMILES string of the molecule is CCCCCCCCc1c2[n+](cc3c(OCCC)c(OC)ccc13)CCc1cc(OCC)c(OCC)cc1-2. The number of rotatable bonds is 15. The second-order valence-corrected chi connectivity index (χ2v) is 10.1. The van der Waals surface area contributed by atoms with Crippen LogP contribution in [-0.2, 0) is 19.4 Å². The molecule has 3 aromatic rings. The van der Waals surface area contributed by atoms with E-state index < -0.39 is 0 Å². The quantitative estimate of drug-likeness (QED) is 0.151. The van der Waals surface area contributed by atoms with Crippen LogP contribution in [0.3, 0.4) is 0 Å². The lowest BCUT2D eigenvalue weighted by Crippen LogP contribution is -2.41. The molecule has 2 heterocycles. The molecule has 4 rings (SSSR count). The molecule has 1 aliphatic rings. The zero-order valence-electron chi connectivity index (χ0n) is 24.2. The standard InChI is InChI=1S/C33H46NO4/c1-6-10-11-12-13-14-15-26-25-16-17-29(35-5)33(38-20-7-2)28(25)23-34-19-18-24-21-30(36-8-3)31(37-9-4)22-27(24)32(26)34/h16-17,21-23H,6-15,18-20H2,1-5H3/q+1. The minimum absolute atomic E-state index is 0.610. The fraction of sp³-hybridized carbons (Fsp3) is 0.545. The van der Waals surface area contributed by atoms with Gasteiger partial charge < -0.3 is 18.9 Å². The van der Waals surface area contributed by atoms with Crippen molar-refractivity contribution in [2.24, 2.45) is 0 Å². The highest BCUT2D eigenvalue weighted by atomic mass is 16.5. The number of methoxy groups -OCH3 is 1. The van der Waals surface area contributed by atoms with Gasteiger partial charge in [0.2, 0.25) is 5.69 Å². The maximum Gasteiger partial charge on any atom is 0.216 e. The highest BCUT2D eigenvalue weighted by Gasteiger charge is 2.31. The fourth-order valence-corrected chi connectivity index (χ4v) is 5.64. The van der Waals surface area contributed by atoms with Gasteiger partial charge in [-0.15, -0.1) is 0 Å². The van der Waals surface area contributed by atoms with Gasteiger partial charge in [0.1, 0.15) is 0 Å². The number of fused-ring (bicyclic) bond motifs is 4. The lowest BCUT2D eigenvalue weighted by Gasteiger charge is -2.22. The van der Waals surface area contributed by atoms with Crippen molar-refractivity contribution in [3.05, 3.63) is 41.6 Å². The highest BCUT2D eigenvalue weighted by Crippen LogP contribution is 2.43. The third kappa shape index (κ3) is 6.03. The first-order valence-electron chi connectivity index (χ1n) is 14.8. The molecule has 5 heteroatoms. The van der Waals surface area contributed by atoms with Crippen molar-refractivity contribution in [2.45, 2.75) is 92.0 Å². The molecule has 0 N–H and O–H groups in total. The Morgan fingerprint density at radius 3 is 2.21 bits per heavy atom. The number of nitrogens with zero attached hydrogens (tertiary/aromatic N) is 1. The summed E-state index contributed by atoms with van der Waals surface area (Å²) in [6, 6.07) is 8.72. The average molecular weight is 521 g/mol. The topological polar surface area (TPSA) is 40.8 Å². The van der Waals surface area contributed by atoms with Gasteiger partial charge in [0, 0.05) is 17.4 Å². The number of hydrogen-bond donors (Lipinski definition) is 0. The van der Waals surface area contributed by atoms with Gasteiger partial charge in [-0.05, 0) is 62.9 Å². The fourth-order valence-electron chi connectivity index (χ4n) is 5.64. The molecule has 0 amide bonds. The summed E-state index contributed by atoms with van der Waals surface area (Å²) in [5, 5.41) is 2.40. The van der Waals surface area contributed by atoms with Crippen LogP contribution in [0.15, 0.2) is 30.5 Å². The summed E-state index contributed by atoms with van der Waals surface area (Å²) in [6.45, 7) is 11.3. The van der Waals surface area contributed by atoms with E-state index in [1.165, 1.54) is 66.3 Å². The zero-order valence-corrected chi connectivity index (χ0v) is 24.2. The van der Waals surface area contributed by atoms with Crippen LogP contribution < -0.4 is 23.5 Å². The Hall–Kier alpha value is -2.95. The number of ether oxygens (including phenoxy) is 4. The predicted octanol–water partition coefficient (Wildman–Crippen LogP) is 7.85. The van der Waals surface area contributed by atoms with Crippen molar-refractivity contribution in [1.82, 2.24) is 0 Å². The van der Waals surface area contributed by atoms with Crippen molar-refractivity contribution in [2.75, 3.05) is 26.9 Å². The molecule has 2 aromatic carbocycles. The molecule has 0 atom stereocenters. The average Bonchev–Trinajstić information content (AvgIpc) is 2.93. The summed E-state index contributed by atoms with van der Waals surface area (Å²) in [4.78, 5) is 0. The summed E-state index contributed by atoms with van der Waals surface area (Å²) < 4.78 is 26.5. The Balaban J connectivity index is 1.87. The van der Waals surface area contributed by atoms with Crippen LogP contribution in [-0.4, -0.2) is 26.9 Å². The summed E-state index contributed by atoms with van der Waals surface area (Å²) in [5.41, 5.74) is 5.30. The van der Waals surface area contributed by atoms with E-state index in [0.717, 1.165) is 54.2 Å². The van der Waals surface area contributed by atoms with Crippen LogP contribution in [0.4, 0.5) is 0 Å². The van der Waals surface area contributed by atoms with E-state index in [9.17, 15) is 0 Å². The monoisotopic (exact) mass is 520 g/mol. The Bertz CT molecular complexity index is 1220. The lowest BCUT2D eigenvalue weighted by atomic mass is 9.89. The first-order valence-corrected chi connectivity index (χ1v) is 14.8. The third-order valence-electron chi connectivity index (χ3n) is 7.44. The smallest absolute Gasteiger partial charge is 0.216 e. The van der Waals surface area contributed by atoms with E-state index in [0.29, 0.717) is 19.8 Å². The van der Waals surface area contributed by atoms with Crippen LogP contribution in [0.1, 0.15) is 83.8 Å². The third-order valence-corrected chi connectivity index (χ3v) is 7.44. The number of hydrogen-bond acceptors (Lipinski definition) is 4. The first kappa shape index (κ1) is 28.1. The van der Waals surface area contributed by atoms with Gasteiger partial charge in [-0.25, -0.2) is 0 Å². The predicted molar refractivity (Wildman–Crippen MR) is 155 cm³/mol. The van der Waals surface area contributed by atoms with Gasteiger partial charge in [-0.1, -0.05) is 46.0 Å². The van der Waals surface area contributed by atoms with Crippen molar-refractivity contribution >= 4 is 10.8 Å². The Labute approximate surface area is 229 Å². The number of aromatic nitrogens is 1. The van der Waals surface area contributed by atoms with Crippen molar-refractivity contribution in [3.63, 3.8) is 0 Å². The van der Waals surface area contributed by atoms with Gasteiger partial charge in [0.15, 0.2) is 35.7 Å². The molecule has 0 unspecified atom stereocenters. The molecule has 206 valence electrons. The molecule has 1 aliphatic heterocycles. The maximum atomic E-state index is 6.29. The number of pyridine rings is 1. The lowest BCUT2D eigenvalue weighted by molar-refractivity contribution is -0.686. The van der Waals surface area contributed by atoms with E-state index in [1.54, 1.807) is 7.11 Å². The first-order chi connectivity index (χ1) is 18.7. The van der Waals surface area contributed by atoms with Crippen LogP contribution in [0.5, 0.6) is 23.0 Å². The van der Waals surface area contributed by atoms with E-state index in [2.05, 4.69) is 48.9 Å². The number of unbranched alkanes of at least 4 members (excludes halogenated alkanes) is 5. The summed E-state index contributed by atoms with van der Waals surface area (Å²) >= 11 is 0. The summed E-state index contributed by atoms with van der Waals surface area (Å²) in [6.07, 6.45) is 12.9. The molecule has 0 saturated carbocycles. The highest BCUT2D eigenvalue weighted by molar-refractivity contribution is 5.95. The van der Waals surface area contributed by atoms with Crippen LogP contribution in [0, 0.1) is 0 Å². The van der Waals surface area contributed by atoms with E-state index in [-0.39, 0.29) is 0 Å². The molecule has 0 fully saturated rings. The molecule has 0 radical (unpaired) electrons. The zero-order chi connectivity index (χ0) is 26.9. The number of benzene rings is 2. The Kier molecular flexibility index (Phi) is 10.1. The minimum atomic E-state index is 0.610. The van der Waals surface area contributed by atoms with Gasteiger partial charge in [-0.2, -0.15) is 4.57 Å². The molecule has 5 nitrogen and oxygen atoms in total. The second kappa shape index (κ2) is 13.7. The molecular weight excluding hydrogens is 474 g/mol. The molecule has 0 aliphatic carbocycles. The van der Waals surface area contributed by atoms with E-state index in [1.807, 2.05) is 13.8 Å². The summed E-state index contributed by atoms with van der Waals surface area (Å²) in [7, 11) is 1.73. The Morgan fingerprint density at radius 2 is 1.50 bits per heavy atom. The molecule has 0 bridgehead atoms. The normalized spacial score (nSPS) is 12.2. The van der Waals surface area contributed by atoms with Crippen molar-refractivity contribution in [1.29, 1.82) is 0 Å². The summed E-state index contributed by atoms with van der Waals surface area (Å²) in [5.74, 6) is 3.33. The molecule has 0 saturated heterocycles. The van der Waals surface area contributed by atoms with Crippen molar-refractivity contribution in [3.8, 4) is 34.3 Å².